The number of aromatic hydroxyl groups is 1. The van der Waals surface area contributed by atoms with Crippen LogP contribution in [0.2, 0.25) is 0 Å². The number of rotatable bonds is 3. The second kappa shape index (κ2) is 7.48. The van der Waals surface area contributed by atoms with Crippen LogP contribution in [-0.2, 0) is 9.59 Å². The van der Waals surface area contributed by atoms with Crippen molar-refractivity contribution in [1.29, 1.82) is 0 Å². The number of carbonyl (C=O) groups excluding carboxylic acids is 2. The number of hydrogen-bond donors (Lipinski definition) is 2. The molecule has 0 spiro atoms. The average molecular weight is 507 g/mol. The number of fused-ring (bicyclic) bond motifs is 9. The maximum absolute atomic E-state index is 13.7. The highest BCUT2D eigenvalue weighted by Gasteiger charge is 2.69. The molecule has 1 saturated heterocycles. The summed E-state index contributed by atoms with van der Waals surface area (Å²) in [4.78, 5) is 44.9. The molecule has 2 saturated carbocycles. The van der Waals surface area contributed by atoms with Crippen LogP contribution in [0.4, 0.5) is 5.69 Å². The number of thiazole rings is 1. The van der Waals surface area contributed by atoms with Gasteiger partial charge >= 0.3 is 4.87 Å². The summed E-state index contributed by atoms with van der Waals surface area (Å²) in [6.07, 6.45) is 0.836. The molecule has 4 aliphatic rings. The fourth-order valence-electron chi connectivity index (χ4n) is 7.11. The number of aromatic nitrogens is 1. The lowest BCUT2D eigenvalue weighted by molar-refractivity contribution is -0.123. The van der Waals surface area contributed by atoms with E-state index in [2.05, 4.69) is 4.98 Å². The Hall–Kier alpha value is -3.04. The molecule has 3 heterocycles. The molecular formula is C26H22N2O5S2. The second-order valence-corrected chi connectivity index (χ2v) is 11.9. The number of hydrogen-bond acceptors (Lipinski definition) is 7. The summed E-state index contributed by atoms with van der Waals surface area (Å²) >= 11 is 2.88. The molecule has 3 aromatic rings. The van der Waals surface area contributed by atoms with E-state index in [1.807, 2.05) is 42.5 Å². The zero-order chi connectivity index (χ0) is 24.0. The molecule has 7 nitrogen and oxygen atoms in total. The summed E-state index contributed by atoms with van der Waals surface area (Å²) in [5.74, 6) is -0.301. The third kappa shape index (κ3) is 2.82. The quantitative estimate of drug-likeness (QED) is 0.524. The molecule has 2 aliphatic carbocycles. The van der Waals surface area contributed by atoms with Crippen molar-refractivity contribution in [3.63, 3.8) is 0 Å². The van der Waals surface area contributed by atoms with Crippen molar-refractivity contribution >= 4 is 40.6 Å². The number of aromatic amines is 1. The number of phenolic OH excluding ortho intramolecular Hbond substituents is 1. The first-order valence-corrected chi connectivity index (χ1v) is 13.4. The van der Waals surface area contributed by atoms with Gasteiger partial charge in [0.25, 0.3) is 0 Å². The number of nitrogens with zero attached hydrogens (tertiary/aromatic N) is 1. The Morgan fingerprint density at radius 2 is 1.77 bits per heavy atom. The summed E-state index contributed by atoms with van der Waals surface area (Å²) in [5.41, 5.74) is 1.59. The Balaban J connectivity index is 1.34. The molecule has 2 amide bonds. The van der Waals surface area contributed by atoms with Gasteiger partial charge in [-0.2, -0.15) is 0 Å². The lowest BCUT2D eigenvalue weighted by Gasteiger charge is -2.43. The van der Waals surface area contributed by atoms with Crippen LogP contribution < -0.4 is 14.5 Å². The van der Waals surface area contributed by atoms with Crippen molar-refractivity contribution in [2.75, 3.05) is 12.0 Å². The van der Waals surface area contributed by atoms with Gasteiger partial charge in [0.1, 0.15) is 0 Å². The standard InChI is InChI=1S/C26H22N2O5S2/c1-33-16-9-11(7-8-15(16)29)17-18-13-10-14(21(18)34-23-22(17)35-26(32)27-23)20-19(13)24(30)28(25(20)31)12-5-3-2-4-6-12/h2-9,13-14,17-21,29H,10H2,1H3,(H,27,32)/t13?,14?,17-,18?,19?,20?,21?/m1/s1. The van der Waals surface area contributed by atoms with Crippen molar-refractivity contribution in [3.05, 3.63) is 68.6 Å². The molecular weight excluding hydrogens is 484 g/mol. The molecule has 2 N–H and O–H groups in total. The van der Waals surface area contributed by atoms with Crippen molar-refractivity contribution in [1.82, 2.24) is 4.98 Å². The van der Waals surface area contributed by atoms with Gasteiger partial charge in [-0.05, 0) is 54.0 Å². The molecule has 7 atom stereocenters. The Morgan fingerprint density at radius 1 is 1.03 bits per heavy atom. The molecule has 9 heteroatoms. The van der Waals surface area contributed by atoms with E-state index in [1.165, 1.54) is 23.3 Å². The van der Waals surface area contributed by atoms with Crippen LogP contribution in [0.5, 0.6) is 11.5 Å². The van der Waals surface area contributed by atoms with Gasteiger partial charge in [0.05, 0.1) is 29.7 Å². The number of anilines is 1. The van der Waals surface area contributed by atoms with Gasteiger partial charge < -0.3 is 14.8 Å². The molecule has 6 unspecified atom stereocenters. The highest BCUT2D eigenvalue weighted by Crippen LogP contribution is 2.68. The third-order valence-corrected chi connectivity index (χ3v) is 10.9. The smallest absolute Gasteiger partial charge is 0.305 e. The van der Waals surface area contributed by atoms with E-state index >= 15 is 0 Å². The number of H-pyrrole nitrogens is 1. The molecule has 0 radical (unpaired) electrons. The molecule has 178 valence electrons. The van der Waals surface area contributed by atoms with Crippen molar-refractivity contribution < 1.29 is 19.4 Å². The van der Waals surface area contributed by atoms with E-state index in [0.717, 1.165) is 21.9 Å². The third-order valence-electron chi connectivity index (χ3n) is 8.30. The van der Waals surface area contributed by atoms with Gasteiger partial charge in [0.2, 0.25) is 11.8 Å². The summed E-state index contributed by atoms with van der Waals surface area (Å²) < 4.78 is 5.38. The molecule has 1 aromatic heterocycles. The second-order valence-electron chi connectivity index (χ2n) is 9.74. The van der Waals surface area contributed by atoms with Gasteiger partial charge in [0, 0.05) is 16.0 Å². The molecule has 2 aromatic carbocycles. The predicted molar refractivity (Wildman–Crippen MR) is 132 cm³/mol. The molecule has 2 bridgehead atoms. The van der Waals surface area contributed by atoms with E-state index in [4.69, 9.17) is 4.74 Å². The number of thioether (sulfide) groups is 1. The van der Waals surface area contributed by atoms with Crippen LogP contribution in [0.1, 0.15) is 22.8 Å². The monoisotopic (exact) mass is 506 g/mol. The fourth-order valence-corrected chi connectivity index (χ4v) is 10.00. The first-order chi connectivity index (χ1) is 17.0. The minimum atomic E-state index is -0.340. The summed E-state index contributed by atoms with van der Waals surface area (Å²) in [7, 11) is 1.52. The van der Waals surface area contributed by atoms with Crippen LogP contribution in [0.3, 0.4) is 0 Å². The lowest BCUT2D eigenvalue weighted by Crippen LogP contribution is -2.42. The SMILES string of the molecule is COc1cc([C@H]2c3sc(=O)[nH]c3SC3C4CC(C5C(=O)N(c6ccccc6)C(=O)C45)C32)ccc1O. The van der Waals surface area contributed by atoms with Crippen LogP contribution in [-0.4, -0.2) is 34.3 Å². The van der Waals surface area contributed by atoms with E-state index in [-0.39, 0.29) is 63.2 Å². The van der Waals surface area contributed by atoms with Crippen LogP contribution >= 0.6 is 23.1 Å². The largest absolute Gasteiger partial charge is 0.504 e. The maximum Gasteiger partial charge on any atom is 0.305 e. The van der Waals surface area contributed by atoms with E-state index < -0.39 is 0 Å². The minimum Gasteiger partial charge on any atom is -0.504 e. The van der Waals surface area contributed by atoms with Crippen molar-refractivity contribution in [2.45, 2.75) is 22.6 Å². The normalized spacial score (nSPS) is 32.5. The van der Waals surface area contributed by atoms with Crippen molar-refractivity contribution in [2.24, 2.45) is 29.6 Å². The molecule has 7 rings (SSSR count). The number of carbonyl (C=O) groups is 2. The van der Waals surface area contributed by atoms with E-state index in [0.29, 0.717) is 11.4 Å². The number of para-hydroxylation sites is 1. The lowest BCUT2D eigenvalue weighted by atomic mass is 9.68. The Kier molecular flexibility index (Phi) is 4.54. The molecule has 3 fully saturated rings. The predicted octanol–water partition coefficient (Wildman–Crippen LogP) is 3.83. The first kappa shape index (κ1) is 21.3. The van der Waals surface area contributed by atoms with Gasteiger partial charge in [0.15, 0.2) is 11.5 Å². The van der Waals surface area contributed by atoms with Gasteiger partial charge in [-0.25, -0.2) is 0 Å². The summed E-state index contributed by atoms with van der Waals surface area (Å²) in [5, 5.41) is 11.2. The maximum atomic E-state index is 13.7. The first-order valence-electron chi connectivity index (χ1n) is 11.7. The number of nitrogens with one attached hydrogen (secondary N) is 1. The fraction of sp³-hybridized carbons (Fsp3) is 0.346. The summed E-state index contributed by atoms with van der Waals surface area (Å²) in [6, 6.07) is 14.5. The Labute approximate surface area is 209 Å². The van der Waals surface area contributed by atoms with Crippen molar-refractivity contribution in [3.8, 4) is 11.5 Å². The number of methoxy groups -OCH3 is 1. The number of phenols is 1. The Morgan fingerprint density at radius 3 is 2.51 bits per heavy atom. The zero-order valence-electron chi connectivity index (χ0n) is 18.7. The van der Waals surface area contributed by atoms with Crippen LogP contribution in [0.25, 0.3) is 0 Å². The van der Waals surface area contributed by atoms with Gasteiger partial charge in [-0.1, -0.05) is 35.6 Å². The van der Waals surface area contributed by atoms with E-state index in [1.54, 1.807) is 17.8 Å². The van der Waals surface area contributed by atoms with Gasteiger partial charge in [-0.3, -0.25) is 19.3 Å². The van der Waals surface area contributed by atoms with Crippen LogP contribution in [0.15, 0.2) is 58.4 Å². The van der Waals surface area contributed by atoms with Crippen LogP contribution in [0, 0.1) is 29.6 Å². The number of ether oxygens (including phenoxy) is 1. The highest BCUT2D eigenvalue weighted by atomic mass is 32.2. The molecule has 2 aliphatic heterocycles. The average Bonchev–Trinajstić information content (AvgIpc) is 3.59. The number of imide groups is 1. The van der Waals surface area contributed by atoms with E-state index in [9.17, 15) is 19.5 Å². The number of benzene rings is 2. The minimum absolute atomic E-state index is 0.0443. The van der Waals surface area contributed by atoms with Gasteiger partial charge in [-0.15, -0.1) is 11.8 Å². The summed E-state index contributed by atoms with van der Waals surface area (Å²) in [6.45, 7) is 0. The molecule has 35 heavy (non-hydrogen) atoms. The Bertz CT molecular complexity index is 1430. The highest BCUT2D eigenvalue weighted by molar-refractivity contribution is 8.00. The zero-order valence-corrected chi connectivity index (χ0v) is 20.3. The topological polar surface area (TPSA) is 99.7 Å². The number of amides is 2.